The molecule has 0 amide bonds. The van der Waals surface area contributed by atoms with Gasteiger partial charge in [0.2, 0.25) is 5.95 Å². The van der Waals surface area contributed by atoms with E-state index < -0.39 is 9.84 Å². The Balaban J connectivity index is 1.18. The van der Waals surface area contributed by atoms with Gasteiger partial charge in [-0.3, -0.25) is 0 Å². The molecule has 1 aliphatic heterocycles. The van der Waals surface area contributed by atoms with Gasteiger partial charge < -0.3 is 9.64 Å². The first-order valence-corrected chi connectivity index (χ1v) is 13.1. The number of hydrogen-bond acceptors (Lipinski definition) is 6. The summed E-state index contributed by atoms with van der Waals surface area (Å²) in [5, 5.41) is 0. The van der Waals surface area contributed by atoms with Crippen molar-refractivity contribution in [2.45, 2.75) is 50.5 Å². The summed E-state index contributed by atoms with van der Waals surface area (Å²) in [5.41, 5.74) is 2.20. The fourth-order valence-corrected chi connectivity index (χ4v) is 5.15. The van der Waals surface area contributed by atoms with Gasteiger partial charge in [0, 0.05) is 31.7 Å². The molecule has 2 fully saturated rings. The van der Waals surface area contributed by atoms with Crippen LogP contribution in [-0.2, 0) is 21.2 Å². The number of ether oxygens (including phenoxy) is 1. The summed E-state index contributed by atoms with van der Waals surface area (Å²) in [6.45, 7) is 7.71. The lowest BCUT2D eigenvalue weighted by Gasteiger charge is -2.32. The number of rotatable bonds is 8. The van der Waals surface area contributed by atoms with E-state index in [1.54, 1.807) is 12.1 Å². The van der Waals surface area contributed by atoms with Crippen molar-refractivity contribution in [2.24, 2.45) is 17.8 Å². The van der Waals surface area contributed by atoms with Gasteiger partial charge in [-0.1, -0.05) is 26.0 Å². The van der Waals surface area contributed by atoms with E-state index in [-0.39, 0.29) is 0 Å². The number of nitrogens with zero attached hydrogens (tertiary/aromatic N) is 3. The van der Waals surface area contributed by atoms with E-state index >= 15 is 0 Å². The summed E-state index contributed by atoms with van der Waals surface area (Å²) in [6.07, 6.45) is 8.81. The quantitative estimate of drug-likeness (QED) is 0.612. The molecule has 7 heteroatoms. The largest absolute Gasteiger partial charge is 0.376 e. The Morgan fingerprint density at radius 1 is 1.10 bits per heavy atom. The second-order valence-electron chi connectivity index (χ2n) is 9.39. The fourth-order valence-electron chi connectivity index (χ4n) is 4.52. The fraction of sp³-hybridized carbons (Fsp3) is 0.583. The van der Waals surface area contributed by atoms with Crippen molar-refractivity contribution in [1.82, 2.24) is 9.97 Å². The number of anilines is 1. The van der Waals surface area contributed by atoms with Crippen molar-refractivity contribution in [1.29, 1.82) is 0 Å². The summed E-state index contributed by atoms with van der Waals surface area (Å²) < 4.78 is 29.0. The van der Waals surface area contributed by atoms with Gasteiger partial charge in [-0.25, -0.2) is 18.4 Å². The van der Waals surface area contributed by atoms with Crippen molar-refractivity contribution in [3.05, 3.63) is 47.8 Å². The van der Waals surface area contributed by atoms with E-state index in [1.807, 2.05) is 24.5 Å². The maximum absolute atomic E-state index is 11.5. The molecule has 0 N–H and O–H groups in total. The molecule has 1 aromatic carbocycles. The van der Waals surface area contributed by atoms with Crippen LogP contribution in [0.2, 0.25) is 0 Å². The molecule has 1 aliphatic carbocycles. The predicted octanol–water partition coefficient (Wildman–Crippen LogP) is 4.07. The Labute approximate surface area is 186 Å². The Kier molecular flexibility index (Phi) is 6.63. The molecule has 168 valence electrons. The van der Waals surface area contributed by atoms with Crippen LogP contribution in [0.25, 0.3) is 0 Å². The maximum atomic E-state index is 11.5. The highest BCUT2D eigenvalue weighted by molar-refractivity contribution is 7.90. The number of benzene rings is 1. The molecule has 31 heavy (non-hydrogen) atoms. The maximum Gasteiger partial charge on any atom is 0.225 e. The van der Waals surface area contributed by atoms with Crippen LogP contribution in [0.3, 0.4) is 0 Å². The minimum Gasteiger partial charge on any atom is -0.376 e. The van der Waals surface area contributed by atoms with Crippen LogP contribution in [-0.4, -0.2) is 44.3 Å². The van der Waals surface area contributed by atoms with E-state index in [4.69, 9.17) is 4.74 Å². The minimum absolute atomic E-state index is 0.353. The van der Waals surface area contributed by atoms with Gasteiger partial charge in [0.05, 0.1) is 18.1 Å². The highest BCUT2D eigenvalue weighted by atomic mass is 32.2. The molecular weight excluding hydrogens is 410 g/mol. The van der Waals surface area contributed by atoms with Gasteiger partial charge in [0.25, 0.3) is 0 Å². The molecule has 2 aliphatic rings. The number of hydrogen-bond donors (Lipinski definition) is 0. The highest BCUT2D eigenvalue weighted by Crippen LogP contribution is 2.48. The zero-order chi connectivity index (χ0) is 22.0. The Morgan fingerprint density at radius 3 is 2.32 bits per heavy atom. The van der Waals surface area contributed by atoms with Crippen LogP contribution < -0.4 is 4.90 Å². The lowest BCUT2D eigenvalue weighted by atomic mass is 9.91. The number of piperidine rings is 1. The van der Waals surface area contributed by atoms with Crippen molar-refractivity contribution < 1.29 is 13.2 Å². The Bertz CT molecular complexity index is 966. The standard InChI is InChI=1S/C24H33N3O3S/c1-17(2)21-13-25-24(26-14-21)27-10-8-19(9-11-27)23-12-20(23)16-30-15-18-4-6-22(7-5-18)31(3,28)29/h4-7,13-14,17,19-20,23H,8-12,15-16H2,1-3H3. The number of sulfone groups is 1. The molecule has 0 bridgehead atoms. The lowest BCUT2D eigenvalue weighted by Crippen LogP contribution is -2.35. The van der Waals surface area contributed by atoms with Gasteiger partial charge in [-0.15, -0.1) is 0 Å². The Hall–Kier alpha value is -1.99. The number of aromatic nitrogens is 2. The highest BCUT2D eigenvalue weighted by Gasteiger charge is 2.43. The molecule has 2 aromatic rings. The summed E-state index contributed by atoms with van der Waals surface area (Å²) in [6, 6.07) is 6.99. The van der Waals surface area contributed by atoms with E-state index in [0.29, 0.717) is 23.3 Å². The second kappa shape index (κ2) is 9.25. The Morgan fingerprint density at radius 2 is 1.74 bits per heavy atom. The van der Waals surface area contributed by atoms with E-state index in [2.05, 4.69) is 28.7 Å². The van der Waals surface area contributed by atoms with Gasteiger partial charge in [-0.2, -0.15) is 0 Å². The molecule has 2 atom stereocenters. The van der Waals surface area contributed by atoms with E-state index in [1.165, 1.54) is 31.1 Å². The molecule has 1 saturated carbocycles. The van der Waals surface area contributed by atoms with Crippen LogP contribution in [0.4, 0.5) is 5.95 Å². The lowest BCUT2D eigenvalue weighted by molar-refractivity contribution is 0.104. The van der Waals surface area contributed by atoms with Gasteiger partial charge in [-0.05, 0) is 66.2 Å². The molecular formula is C24H33N3O3S. The molecule has 6 nitrogen and oxygen atoms in total. The topological polar surface area (TPSA) is 72.4 Å². The summed E-state index contributed by atoms with van der Waals surface area (Å²) in [7, 11) is -3.14. The molecule has 0 radical (unpaired) electrons. The molecule has 2 heterocycles. The summed E-state index contributed by atoms with van der Waals surface area (Å²) in [5.74, 6) is 3.53. The summed E-state index contributed by atoms with van der Waals surface area (Å²) in [4.78, 5) is 11.8. The monoisotopic (exact) mass is 443 g/mol. The normalized spacial score (nSPS) is 22.1. The van der Waals surface area contributed by atoms with Crippen molar-refractivity contribution >= 4 is 15.8 Å². The van der Waals surface area contributed by atoms with Crippen LogP contribution >= 0.6 is 0 Å². The van der Waals surface area contributed by atoms with Crippen molar-refractivity contribution in [3.8, 4) is 0 Å². The van der Waals surface area contributed by atoms with Gasteiger partial charge in [0.1, 0.15) is 0 Å². The van der Waals surface area contributed by atoms with Gasteiger partial charge >= 0.3 is 0 Å². The molecule has 4 rings (SSSR count). The summed E-state index contributed by atoms with van der Waals surface area (Å²) >= 11 is 0. The van der Waals surface area contributed by atoms with E-state index in [9.17, 15) is 8.42 Å². The third kappa shape index (κ3) is 5.63. The first kappa shape index (κ1) is 22.2. The zero-order valence-corrected chi connectivity index (χ0v) is 19.5. The first-order chi connectivity index (χ1) is 14.8. The third-order valence-corrected chi connectivity index (χ3v) is 7.81. The van der Waals surface area contributed by atoms with E-state index in [0.717, 1.165) is 43.0 Å². The van der Waals surface area contributed by atoms with Gasteiger partial charge in [0.15, 0.2) is 9.84 Å². The van der Waals surface area contributed by atoms with Crippen molar-refractivity contribution in [2.75, 3.05) is 30.9 Å². The smallest absolute Gasteiger partial charge is 0.225 e. The molecule has 1 saturated heterocycles. The van der Waals surface area contributed by atoms with Crippen LogP contribution in [0.15, 0.2) is 41.6 Å². The second-order valence-corrected chi connectivity index (χ2v) is 11.4. The first-order valence-electron chi connectivity index (χ1n) is 11.2. The SMILES string of the molecule is CC(C)c1cnc(N2CCC(C3CC3COCc3ccc(S(C)(=O)=O)cc3)CC2)nc1. The minimum atomic E-state index is -3.14. The van der Waals surface area contributed by atoms with Crippen LogP contribution in [0.5, 0.6) is 0 Å². The van der Waals surface area contributed by atoms with Crippen LogP contribution in [0, 0.1) is 17.8 Å². The average molecular weight is 444 g/mol. The predicted molar refractivity (Wildman–Crippen MR) is 122 cm³/mol. The molecule has 0 spiro atoms. The van der Waals surface area contributed by atoms with Crippen LogP contribution in [0.1, 0.15) is 50.2 Å². The molecule has 2 unspecified atom stereocenters. The average Bonchev–Trinajstić information content (AvgIpc) is 3.53. The molecule has 1 aromatic heterocycles. The third-order valence-electron chi connectivity index (χ3n) is 6.68. The van der Waals surface area contributed by atoms with Crippen molar-refractivity contribution in [3.63, 3.8) is 0 Å². The zero-order valence-electron chi connectivity index (χ0n) is 18.7.